The van der Waals surface area contributed by atoms with Gasteiger partial charge >= 0.3 is 5.97 Å². The summed E-state index contributed by atoms with van der Waals surface area (Å²) >= 11 is 0. The zero-order valence-electron chi connectivity index (χ0n) is 17.2. The third-order valence-electron chi connectivity index (χ3n) is 5.09. The van der Waals surface area contributed by atoms with Crippen LogP contribution in [0, 0.1) is 5.92 Å². The number of anilines is 1. The van der Waals surface area contributed by atoms with Gasteiger partial charge in [0.2, 0.25) is 5.91 Å². The maximum atomic E-state index is 12.5. The first-order valence-corrected chi connectivity index (χ1v) is 9.94. The summed E-state index contributed by atoms with van der Waals surface area (Å²) in [5.74, 6) is -1.11. The van der Waals surface area contributed by atoms with E-state index in [-0.39, 0.29) is 12.3 Å². The van der Waals surface area contributed by atoms with Crippen LogP contribution in [-0.2, 0) is 25.5 Å². The third kappa shape index (κ3) is 5.37. The third-order valence-corrected chi connectivity index (χ3v) is 5.09. The van der Waals surface area contributed by atoms with Gasteiger partial charge in [0, 0.05) is 19.5 Å². The van der Waals surface area contributed by atoms with Gasteiger partial charge in [-0.05, 0) is 31.0 Å². The molecule has 2 aromatic carbocycles. The van der Waals surface area contributed by atoms with Gasteiger partial charge in [-0.1, -0.05) is 42.5 Å². The highest BCUT2D eigenvalue weighted by Gasteiger charge is 2.36. The number of ether oxygens (including phenoxy) is 2. The highest BCUT2D eigenvalue weighted by atomic mass is 16.5. The lowest BCUT2D eigenvalue weighted by molar-refractivity contribution is -0.157. The molecule has 0 bridgehead atoms. The molecular formula is C23H26N2O5. The monoisotopic (exact) mass is 410 g/mol. The van der Waals surface area contributed by atoms with Crippen molar-refractivity contribution in [3.63, 3.8) is 0 Å². The highest BCUT2D eigenvalue weighted by Crippen LogP contribution is 2.24. The quantitative estimate of drug-likeness (QED) is 0.677. The van der Waals surface area contributed by atoms with Crippen molar-refractivity contribution >= 4 is 23.5 Å². The van der Waals surface area contributed by atoms with Gasteiger partial charge < -0.3 is 19.7 Å². The number of nitrogens with one attached hydrogen (secondary N) is 1. The molecule has 1 aliphatic heterocycles. The summed E-state index contributed by atoms with van der Waals surface area (Å²) < 4.78 is 10.5. The minimum Gasteiger partial charge on any atom is -0.495 e. The van der Waals surface area contributed by atoms with Crippen LogP contribution in [-0.4, -0.2) is 49.0 Å². The van der Waals surface area contributed by atoms with E-state index in [4.69, 9.17) is 9.47 Å². The summed E-state index contributed by atoms with van der Waals surface area (Å²) in [4.78, 5) is 38.8. The van der Waals surface area contributed by atoms with Crippen LogP contribution >= 0.6 is 0 Å². The van der Waals surface area contributed by atoms with Gasteiger partial charge in [0.1, 0.15) is 5.75 Å². The average Bonchev–Trinajstić information content (AvgIpc) is 3.14. The standard InChI is InChI=1S/C23H26N2O5/c1-16(22(27)24-19-10-6-7-11-20(19)29-2)30-23(28)18-14-21(26)25(15-18)13-12-17-8-4-3-5-9-17/h3-11,16,18H,12-15H2,1-2H3,(H,24,27)/t16-,18-/m0/s1. The normalized spacial score (nSPS) is 16.8. The molecule has 7 nitrogen and oxygen atoms in total. The Morgan fingerprint density at radius 1 is 1.13 bits per heavy atom. The molecule has 3 rings (SSSR count). The summed E-state index contributed by atoms with van der Waals surface area (Å²) in [6.07, 6.45) is -0.156. The fraction of sp³-hybridized carbons (Fsp3) is 0.348. The molecule has 2 amide bonds. The number of carbonyl (C=O) groups excluding carboxylic acids is 3. The van der Waals surface area contributed by atoms with Crippen molar-refractivity contribution in [2.24, 2.45) is 5.92 Å². The Morgan fingerprint density at radius 2 is 1.83 bits per heavy atom. The molecule has 2 atom stereocenters. The molecule has 0 saturated carbocycles. The zero-order valence-corrected chi connectivity index (χ0v) is 17.2. The fourth-order valence-electron chi connectivity index (χ4n) is 3.36. The largest absolute Gasteiger partial charge is 0.495 e. The molecule has 0 aromatic heterocycles. The van der Waals surface area contributed by atoms with Crippen molar-refractivity contribution in [1.29, 1.82) is 0 Å². The molecule has 1 N–H and O–H groups in total. The minimum absolute atomic E-state index is 0.0704. The Balaban J connectivity index is 1.50. The number of benzene rings is 2. The van der Waals surface area contributed by atoms with Gasteiger partial charge in [0.05, 0.1) is 18.7 Å². The molecular weight excluding hydrogens is 384 g/mol. The van der Waals surface area contributed by atoms with Gasteiger partial charge in [-0.3, -0.25) is 14.4 Å². The van der Waals surface area contributed by atoms with Crippen molar-refractivity contribution in [2.45, 2.75) is 25.9 Å². The van der Waals surface area contributed by atoms with Crippen LogP contribution in [0.15, 0.2) is 54.6 Å². The number of hydrogen-bond donors (Lipinski definition) is 1. The summed E-state index contributed by atoms with van der Waals surface area (Å²) in [5.41, 5.74) is 1.63. The predicted octanol–water partition coefficient (Wildman–Crippen LogP) is 2.66. The molecule has 1 saturated heterocycles. The van der Waals surface area contributed by atoms with Gasteiger partial charge in [-0.25, -0.2) is 0 Å². The van der Waals surface area contributed by atoms with Crippen molar-refractivity contribution < 1.29 is 23.9 Å². The van der Waals surface area contributed by atoms with Crippen LogP contribution < -0.4 is 10.1 Å². The summed E-state index contributed by atoms with van der Waals surface area (Å²) in [5, 5.41) is 2.69. The van der Waals surface area contributed by atoms with Gasteiger partial charge in [0.25, 0.3) is 5.91 Å². The number of para-hydroxylation sites is 2. The topological polar surface area (TPSA) is 84.9 Å². The Hall–Kier alpha value is -3.35. The first-order valence-electron chi connectivity index (χ1n) is 9.94. The lowest BCUT2D eigenvalue weighted by Crippen LogP contribution is -2.33. The second-order valence-electron chi connectivity index (χ2n) is 7.25. The van der Waals surface area contributed by atoms with E-state index in [1.54, 1.807) is 29.2 Å². The summed E-state index contributed by atoms with van der Waals surface area (Å²) in [7, 11) is 1.51. The van der Waals surface area contributed by atoms with E-state index in [1.165, 1.54) is 14.0 Å². The second kappa shape index (κ2) is 9.91. The highest BCUT2D eigenvalue weighted by molar-refractivity contribution is 5.96. The van der Waals surface area contributed by atoms with Crippen LogP contribution in [0.2, 0.25) is 0 Å². The van der Waals surface area contributed by atoms with E-state index < -0.39 is 23.9 Å². The van der Waals surface area contributed by atoms with E-state index in [2.05, 4.69) is 5.32 Å². The Kier molecular flexibility index (Phi) is 7.06. The maximum Gasteiger partial charge on any atom is 0.312 e. The molecule has 0 spiro atoms. The zero-order chi connectivity index (χ0) is 21.5. The van der Waals surface area contributed by atoms with Gasteiger partial charge in [0.15, 0.2) is 6.10 Å². The predicted molar refractivity (Wildman–Crippen MR) is 112 cm³/mol. The second-order valence-corrected chi connectivity index (χ2v) is 7.25. The van der Waals surface area contributed by atoms with Crippen molar-refractivity contribution in [2.75, 3.05) is 25.5 Å². The number of esters is 1. The number of nitrogens with zero attached hydrogens (tertiary/aromatic N) is 1. The first kappa shape index (κ1) is 21.4. The lowest BCUT2D eigenvalue weighted by Gasteiger charge is -2.18. The number of likely N-dealkylation sites (tertiary alicyclic amines) is 1. The van der Waals surface area contributed by atoms with Crippen molar-refractivity contribution in [3.8, 4) is 5.75 Å². The summed E-state index contributed by atoms with van der Waals surface area (Å²) in [6, 6.07) is 16.9. The number of hydrogen-bond acceptors (Lipinski definition) is 5. The smallest absolute Gasteiger partial charge is 0.312 e. The molecule has 1 aliphatic rings. The molecule has 0 aliphatic carbocycles. The number of rotatable bonds is 8. The molecule has 30 heavy (non-hydrogen) atoms. The summed E-state index contributed by atoms with van der Waals surface area (Å²) in [6.45, 7) is 2.37. The molecule has 2 aromatic rings. The minimum atomic E-state index is -0.990. The maximum absolute atomic E-state index is 12.5. The van der Waals surface area contributed by atoms with Gasteiger partial charge in [-0.2, -0.15) is 0 Å². The Labute approximate surface area is 176 Å². The fourth-order valence-corrected chi connectivity index (χ4v) is 3.36. The lowest BCUT2D eigenvalue weighted by atomic mass is 10.1. The molecule has 158 valence electrons. The van der Waals surface area contributed by atoms with Crippen molar-refractivity contribution in [1.82, 2.24) is 4.90 Å². The van der Waals surface area contributed by atoms with E-state index in [1.807, 2.05) is 30.3 Å². The van der Waals surface area contributed by atoms with Crippen LogP contribution in [0.25, 0.3) is 0 Å². The van der Waals surface area contributed by atoms with E-state index >= 15 is 0 Å². The van der Waals surface area contributed by atoms with Crippen LogP contribution in [0.3, 0.4) is 0 Å². The van der Waals surface area contributed by atoms with Crippen molar-refractivity contribution in [3.05, 3.63) is 60.2 Å². The van der Waals surface area contributed by atoms with Gasteiger partial charge in [-0.15, -0.1) is 0 Å². The van der Waals surface area contributed by atoms with Crippen LogP contribution in [0.4, 0.5) is 5.69 Å². The van der Waals surface area contributed by atoms with E-state index in [0.717, 1.165) is 12.0 Å². The Bertz CT molecular complexity index is 899. The molecule has 7 heteroatoms. The average molecular weight is 410 g/mol. The number of methoxy groups -OCH3 is 1. The van der Waals surface area contributed by atoms with Crippen LogP contribution in [0.1, 0.15) is 18.9 Å². The number of carbonyl (C=O) groups is 3. The Morgan fingerprint density at radius 3 is 2.57 bits per heavy atom. The number of amides is 2. The SMILES string of the molecule is COc1ccccc1NC(=O)[C@H](C)OC(=O)[C@H]1CC(=O)N(CCc2ccccc2)C1. The molecule has 0 radical (unpaired) electrons. The molecule has 1 heterocycles. The molecule has 0 unspecified atom stereocenters. The van der Waals surface area contributed by atoms with E-state index in [0.29, 0.717) is 24.5 Å². The molecule has 1 fully saturated rings. The van der Waals surface area contributed by atoms with E-state index in [9.17, 15) is 14.4 Å². The first-order chi connectivity index (χ1) is 14.5. The van der Waals surface area contributed by atoms with Crippen LogP contribution in [0.5, 0.6) is 5.75 Å².